The maximum atomic E-state index is 13.9. The van der Waals surface area contributed by atoms with E-state index in [9.17, 15) is 36.0 Å². The Kier molecular flexibility index (Phi) is 20.3. The number of aromatic nitrogens is 2. The zero-order chi connectivity index (χ0) is 59.9. The minimum absolute atomic E-state index is 0.00680. The molecule has 3 unspecified atom stereocenters. The Morgan fingerprint density at radius 2 is 1.10 bits per heavy atom. The Morgan fingerprint density at radius 1 is 0.614 bits per heavy atom. The fourth-order valence-electron chi connectivity index (χ4n) is 10.4. The van der Waals surface area contributed by atoms with E-state index in [0.717, 1.165) is 55.0 Å². The molecule has 3 saturated carbocycles. The number of nitrogens with zero attached hydrogens (tertiary/aromatic N) is 2. The van der Waals surface area contributed by atoms with Crippen molar-refractivity contribution in [2.45, 2.75) is 184 Å². The number of thiazole rings is 2. The van der Waals surface area contributed by atoms with Crippen LogP contribution in [0.5, 0.6) is 5.75 Å². The minimum atomic E-state index is -4.07. The lowest BCUT2D eigenvalue weighted by atomic mass is 9.86. The molecule has 0 radical (unpaired) electrons. The van der Waals surface area contributed by atoms with Crippen molar-refractivity contribution >= 4 is 78.3 Å². The van der Waals surface area contributed by atoms with Gasteiger partial charge < -0.3 is 34.9 Å². The van der Waals surface area contributed by atoms with Crippen LogP contribution in [0.1, 0.15) is 148 Å². The van der Waals surface area contributed by atoms with Crippen LogP contribution >= 0.6 is 22.7 Å². The molecule has 6 N–H and O–H groups in total. The van der Waals surface area contributed by atoms with E-state index in [4.69, 9.17) is 28.9 Å². The molecule has 3 aliphatic rings. The molecule has 8 rings (SSSR count). The van der Waals surface area contributed by atoms with E-state index in [1.54, 1.807) is 102 Å². The van der Waals surface area contributed by atoms with Crippen LogP contribution in [0.15, 0.2) is 88.9 Å². The Labute approximate surface area is 495 Å². The number of anilines is 2. The lowest BCUT2D eigenvalue weighted by Crippen LogP contribution is -2.40. The summed E-state index contributed by atoms with van der Waals surface area (Å²) in [6.45, 7) is 15.9. The van der Waals surface area contributed by atoms with Gasteiger partial charge in [-0.05, 0) is 175 Å². The van der Waals surface area contributed by atoms with Crippen molar-refractivity contribution in [1.29, 1.82) is 0 Å². The summed E-state index contributed by atoms with van der Waals surface area (Å²) in [5, 5.41) is 13.2. The summed E-state index contributed by atoms with van der Waals surface area (Å²) >= 11 is 2.86. The van der Waals surface area contributed by atoms with Crippen molar-refractivity contribution in [3.8, 4) is 26.6 Å². The number of amides is 4. The molecule has 83 heavy (non-hydrogen) atoms. The fourth-order valence-corrected chi connectivity index (χ4v) is 16.1. The van der Waals surface area contributed by atoms with Gasteiger partial charge >= 0.3 is 18.3 Å². The third kappa shape index (κ3) is 18.4. The summed E-state index contributed by atoms with van der Waals surface area (Å²) in [6, 6.07) is 18.4. The Hall–Kier alpha value is -6.18. The molecule has 0 bridgehead atoms. The zero-order valence-corrected chi connectivity index (χ0v) is 51.8. The number of para-hydroxylation sites is 1. The summed E-state index contributed by atoms with van der Waals surface area (Å²) in [6.07, 6.45) is 8.63. The Bertz CT molecular complexity index is 3310. The largest absolute Gasteiger partial charge is 0.484 e. The van der Waals surface area contributed by atoms with Crippen LogP contribution in [0, 0.1) is 11.8 Å². The molecule has 5 aromatic rings. The molecule has 3 aliphatic carbocycles. The van der Waals surface area contributed by atoms with Crippen molar-refractivity contribution in [2.75, 3.05) is 23.8 Å². The van der Waals surface area contributed by atoms with E-state index >= 15 is 0 Å². The van der Waals surface area contributed by atoms with E-state index < -0.39 is 55.3 Å². The van der Waals surface area contributed by atoms with Gasteiger partial charge in [-0.3, -0.25) is 10.1 Å². The Morgan fingerprint density at radius 3 is 1.58 bits per heavy atom. The summed E-state index contributed by atoms with van der Waals surface area (Å²) < 4.78 is 83.3. The number of ether oxygens (including phenoxy) is 4. The van der Waals surface area contributed by atoms with Crippen LogP contribution in [0.25, 0.3) is 20.9 Å². The van der Waals surface area contributed by atoms with Crippen LogP contribution in [-0.2, 0) is 39.1 Å². The first kappa shape index (κ1) is 62.9. The number of benzene rings is 3. The normalized spacial score (nSPS) is 20.6. The number of carbonyl (C=O) groups is 4. The number of sulfonamides is 2. The third-order valence-corrected chi connectivity index (χ3v) is 20.2. The molecular weight excluding hydrogens is 1140 g/mol. The van der Waals surface area contributed by atoms with Crippen LogP contribution < -0.4 is 35.4 Å². The first-order chi connectivity index (χ1) is 39.1. The number of rotatable bonds is 21. The van der Waals surface area contributed by atoms with Gasteiger partial charge in [0.15, 0.2) is 6.61 Å². The summed E-state index contributed by atoms with van der Waals surface area (Å²) in [5.41, 5.74) is -0.0951. The monoisotopic (exact) mass is 1220 g/mol. The minimum Gasteiger partial charge on any atom is -0.484 e. The number of nitrogens with one attached hydrogen (secondary N) is 6. The SMILES string of the molecule is CC(C)OC(=O)NC1CCC(c2ncc(-c3ccc(NC(=O)OCC4CC4CC(C)OC(=O)NC4CCC(c5ncc(-c6ccc(NC(=O)COc7ccccc7)cc6S(=O)(=O)NC(C)(C)C)s5)CC4)cc3S(=O)(=O)NC(C)(C)C)s2)CC1. The van der Waals surface area contributed by atoms with E-state index in [2.05, 4.69) is 30.7 Å². The molecule has 0 saturated heterocycles. The van der Waals surface area contributed by atoms with Crippen LogP contribution in [0.2, 0.25) is 0 Å². The van der Waals surface area contributed by atoms with Crippen molar-refractivity contribution < 1.29 is 55.0 Å². The highest BCUT2D eigenvalue weighted by atomic mass is 32.2. The van der Waals surface area contributed by atoms with Crippen molar-refractivity contribution in [1.82, 2.24) is 30.0 Å². The summed E-state index contributed by atoms with van der Waals surface area (Å²) in [5.74, 6) is 0.625. The molecule has 24 heteroatoms. The van der Waals surface area contributed by atoms with Crippen molar-refractivity contribution in [2.24, 2.45) is 11.8 Å². The molecule has 3 fully saturated rings. The standard InChI is InChI=1S/C59H78N8O12S4/c1-35(2)78-56(70)63-41-19-15-37(16-20-41)53-61-32-49(81-53)47-26-24-44(30-51(47)83(74,75)67-59(7,8)9)65-55(69)77-33-40-28-39(40)27-36(3)79-57(71)64-42-21-17-38(18-22-42)54-60-31-48(80-54)46-25-23-43(29-50(46)82(72,73)66-58(4,5)6)62-52(68)34-76-45-13-11-10-12-14-45/h10-14,23-26,29-32,35-42,66-67H,15-22,27-28,33-34H2,1-9H3,(H,62,68)(H,63,70)(H,64,71)(H,65,69). The molecule has 2 aromatic heterocycles. The van der Waals surface area contributed by atoms with Crippen LogP contribution in [0.4, 0.5) is 25.8 Å². The van der Waals surface area contributed by atoms with Crippen molar-refractivity contribution in [3.63, 3.8) is 0 Å². The lowest BCUT2D eigenvalue weighted by Gasteiger charge is -2.28. The molecule has 0 spiro atoms. The fraction of sp³-hybridized carbons (Fsp3) is 0.525. The first-order valence-electron chi connectivity index (χ1n) is 28.3. The molecule has 2 heterocycles. The second-order valence-electron chi connectivity index (χ2n) is 24.2. The van der Waals surface area contributed by atoms with Crippen LogP contribution in [0.3, 0.4) is 0 Å². The van der Waals surface area contributed by atoms with E-state index in [0.29, 0.717) is 51.6 Å². The van der Waals surface area contributed by atoms with Gasteiger partial charge in [-0.15, -0.1) is 22.7 Å². The number of hydrogen-bond acceptors (Lipinski definition) is 16. The highest BCUT2D eigenvalue weighted by Crippen LogP contribution is 2.44. The van der Waals surface area contributed by atoms with Gasteiger partial charge in [0.2, 0.25) is 20.0 Å². The molecule has 3 aromatic carbocycles. The number of alkyl carbamates (subject to hydrolysis) is 2. The van der Waals surface area contributed by atoms with E-state index in [1.165, 1.54) is 34.8 Å². The predicted molar refractivity (Wildman–Crippen MR) is 321 cm³/mol. The van der Waals surface area contributed by atoms with E-state index in [1.807, 2.05) is 26.8 Å². The highest BCUT2D eigenvalue weighted by Gasteiger charge is 2.40. The predicted octanol–water partition coefficient (Wildman–Crippen LogP) is 11.7. The summed E-state index contributed by atoms with van der Waals surface area (Å²) in [4.78, 5) is 62.0. The smallest absolute Gasteiger partial charge is 0.411 e. The maximum Gasteiger partial charge on any atom is 0.411 e. The van der Waals surface area contributed by atoms with Gasteiger partial charge in [-0.25, -0.2) is 50.6 Å². The molecular formula is C59H78N8O12S4. The van der Waals surface area contributed by atoms with Gasteiger partial charge in [-0.2, -0.15) is 0 Å². The maximum absolute atomic E-state index is 13.9. The van der Waals surface area contributed by atoms with Gasteiger partial charge in [0.05, 0.1) is 42.3 Å². The van der Waals surface area contributed by atoms with Gasteiger partial charge in [0, 0.05) is 69.9 Å². The summed E-state index contributed by atoms with van der Waals surface area (Å²) in [7, 11) is -8.12. The lowest BCUT2D eigenvalue weighted by molar-refractivity contribution is -0.118. The quantitative estimate of drug-likeness (QED) is 0.0373. The van der Waals surface area contributed by atoms with Gasteiger partial charge in [0.25, 0.3) is 5.91 Å². The average molecular weight is 1220 g/mol. The third-order valence-electron chi connectivity index (χ3n) is 14.2. The Balaban J connectivity index is 0.782. The topological polar surface area (TPSA) is 271 Å². The van der Waals surface area contributed by atoms with Crippen LogP contribution in [-0.4, -0.2) is 99.6 Å². The molecule has 3 atom stereocenters. The second kappa shape index (κ2) is 26.8. The van der Waals surface area contributed by atoms with Crippen molar-refractivity contribution in [3.05, 3.63) is 89.1 Å². The number of carbonyl (C=O) groups excluding carboxylic acids is 4. The molecule has 20 nitrogen and oxygen atoms in total. The number of hydrogen-bond donors (Lipinski definition) is 6. The molecule has 450 valence electrons. The highest BCUT2D eigenvalue weighted by molar-refractivity contribution is 7.90. The molecule has 4 amide bonds. The average Bonchev–Trinajstić information content (AvgIpc) is 3.68. The van der Waals surface area contributed by atoms with Gasteiger partial charge in [0.1, 0.15) is 11.9 Å². The van der Waals surface area contributed by atoms with Gasteiger partial charge in [-0.1, -0.05) is 30.3 Å². The van der Waals surface area contributed by atoms with E-state index in [-0.39, 0.29) is 76.7 Å². The second-order valence-corrected chi connectivity index (χ2v) is 29.6. The molecule has 0 aliphatic heterocycles. The first-order valence-corrected chi connectivity index (χ1v) is 32.9. The zero-order valence-electron chi connectivity index (χ0n) is 48.5.